The zero-order valence-corrected chi connectivity index (χ0v) is 20.3. The van der Waals surface area contributed by atoms with E-state index in [1.807, 2.05) is 0 Å². The summed E-state index contributed by atoms with van der Waals surface area (Å²) in [5.74, 6) is 0. The quantitative estimate of drug-likeness (QED) is 0.329. The second kappa shape index (κ2) is 105. The van der Waals surface area contributed by atoms with Gasteiger partial charge in [0.25, 0.3) is 0 Å². The monoisotopic (exact) mass is 900 g/mol. The molecule has 0 aromatic rings. The Bertz CT molecular complexity index is 15.2. The van der Waals surface area contributed by atoms with Crippen molar-refractivity contribution < 1.29 is 84.3 Å². The fraction of sp³-hybridized carbons (Fsp3) is 1.00. The number of hydrogen-bond donors (Lipinski definition) is 0. The van der Waals surface area contributed by atoms with Gasteiger partial charge < -0.3 is 0 Å². The van der Waals surface area contributed by atoms with Gasteiger partial charge in [0, 0.05) is 84.3 Å². The molecule has 0 bridgehead atoms. The van der Waals surface area contributed by atoms with Crippen LogP contribution >= 0.6 is 35.7 Å². The molecule has 0 aliphatic carbocycles. The molecule has 4 atom stereocenters. The molecule has 0 saturated heterocycles. The zero-order valence-electron chi connectivity index (χ0n) is 3.94. The molecule has 4 unspecified atom stereocenters. The second-order valence-corrected chi connectivity index (χ2v) is 0. The molecule has 0 spiro atoms. The third-order valence-corrected chi connectivity index (χ3v) is 0. The number of hydrogen-bond acceptors (Lipinski definition) is 0. The molecule has 0 heterocycles. The summed E-state index contributed by atoms with van der Waals surface area (Å²) in [5, 5.41) is 0. The van der Waals surface area contributed by atoms with Crippen LogP contribution in [0.4, 0.5) is 0 Å². The van der Waals surface area contributed by atoms with Crippen LogP contribution in [0.2, 0.25) is 0 Å². The van der Waals surface area contributed by atoms with Crippen LogP contribution in [-0.4, -0.2) is 0 Å². The summed E-state index contributed by atoms with van der Waals surface area (Å²) in [6.45, 7) is 0. The smallest absolute Gasteiger partial charge is 0 e. The summed E-state index contributed by atoms with van der Waals surface area (Å²) >= 11 is 0. The van der Waals surface area contributed by atoms with E-state index in [4.69, 9.17) is 0 Å². The van der Waals surface area contributed by atoms with Gasteiger partial charge in [-0.2, -0.15) is 0 Å². The van der Waals surface area contributed by atoms with E-state index in [1.54, 1.807) is 0 Å². The summed E-state index contributed by atoms with van der Waals surface area (Å²) in [4.78, 5) is 0. The van der Waals surface area contributed by atoms with Gasteiger partial charge in [-0.05, 0) is 0 Å². The van der Waals surface area contributed by atoms with E-state index in [0.29, 0.717) is 0 Å². The Morgan fingerprint density at radius 3 is 0.400 bits per heavy atom. The molecule has 0 N–H and O–H groups in total. The van der Waals surface area contributed by atoms with Crippen molar-refractivity contribution in [1.82, 2.24) is 0 Å². The summed E-state index contributed by atoms with van der Waals surface area (Å²) in [7, 11) is 9.33. The van der Waals surface area contributed by atoms with Gasteiger partial charge in [-0.25, -0.2) is 0 Å². The van der Waals surface area contributed by atoms with Crippen molar-refractivity contribution in [2.24, 2.45) is 0 Å². The van der Waals surface area contributed by atoms with Gasteiger partial charge in [0.05, 0.1) is 0 Å². The SMILES string of the molecule is C.C.PP.PP.[W].[W].[W].[W]. The molecule has 0 rings (SSSR count). The molecule has 0 amide bonds. The molecular weight excluding hydrogens is 883 g/mol. The molecule has 0 saturated carbocycles. The predicted molar refractivity (Wildman–Crippen MR) is 52.3 cm³/mol. The maximum absolute atomic E-state index is 2.33. The van der Waals surface area contributed by atoms with Crippen LogP contribution in [0.5, 0.6) is 0 Å². The molecule has 0 fully saturated rings. The van der Waals surface area contributed by atoms with E-state index in [2.05, 4.69) is 35.7 Å². The fourth-order valence-corrected chi connectivity index (χ4v) is 0. The van der Waals surface area contributed by atoms with Gasteiger partial charge in [-0.1, -0.05) is 14.9 Å². The van der Waals surface area contributed by atoms with Crippen LogP contribution in [0.25, 0.3) is 0 Å². The Kier molecular flexibility index (Phi) is 657. The molecule has 0 aliphatic rings. The van der Waals surface area contributed by atoms with Crippen LogP contribution in [0, 0.1) is 0 Å². The molecule has 0 nitrogen and oxygen atoms in total. The van der Waals surface area contributed by atoms with E-state index in [1.165, 1.54) is 0 Å². The third-order valence-electron chi connectivity index (χ3n) is 0. The first-order valence-electron chi connectivity index (χ1n) is 0.667. The molecule has 0 radical (unpaired) electrons. The van der Waals surface area contributed by atoms with Gasteiger partial charge in [0.1, 0.15) is 0 Å². The molecule has 0 aromatic heterocycles. The average molecular weight is 899 g/mol. The van der Waals surface area contributed by atoms with Crippen molar-refractivity contribution >= 4 is 35.7 Å². The minimum Gasteiger partial charge on any atom is -0.118 e. The minimum atomic E-state index is 0. The zero-order chi connectivity index (χ0) is 4.00. The van der Waals surface area contributed by atoms with Crippen molar-refractivity contribution in [3.63, 3.8) is 0 Å². The summed E-state index contributed by atoms with van der Waals surface area (Å²) in [5.41, 5.74) is 0. The Morgan fingerprint density at radius 1 is 0.400 bits per heavy atom. The van der Waals surface area contributed by atoms with E-state index < -0.39 is 0 Å². The Morgan fingerprint density at radius 2 is 0.400 bits per heavy atom. The van der Waals surface area contributed by atoms with Crippen LogP contribution < -0.4 is 0 Å². The largest absolute Gasteiger partial charge is 0.118 e. The van der Waals surface area contributed by atoms with Crippen LogP contribution in [0.15, 0.2) is 0 Å². The van der Waals surface area contributed by atoms with E-state index in [-0.39, 0.29) is 99.1 Å². The first-order valence-corrected chi connectivity index (χ1v) is 6.00. The first-order chi connectivity index (χ1) is 2.00. The standard InChI is InChI=1S/2CH4.2H4P2.4W/c;;2*1-2;;;;/h2*1H4;2*1-2H2;;;;. The van der Waals surface area contributed by atoms with Gasteiger partial charge in [0.2, 0.25) is 0 Å². The number of rotatable bonds is 0. The van der Waals surface area contributed by atoms with Gasteiger partial charge in [0.15, 0.2) is 0 Å². The fourth-order valence-electron chi connectivity index (χ4n) is 0. The van der Waals surface area contributed by atoms with Crippen molar-refractivity contribution in [3.05, 3.63) is 0 Å². The molecular formula is C2H16P4W4. The maximum Gasteiger partial charge on any atom is 0 e. The summed E-state index contributed by atoms with van der Waals surface area (Å²) < 4.78 is 0. The van der Waals surface area contributed by atoms with E-state index in [9.17, 15) is 0 Å². The summed E-state index contributed by atoms with van der Waals surface area (Å²) in [6, 6.07) is 0. The Labute approximate surface area is 133 Å². The van der Waals surface area contributed by atoms with Crippen LogP contribution in [0.1, 0.15) is 14.9 Å². The van der Waals surface area contributed by atoms with Gasteiger partial charge in [-0.3, -0.25) is 0 Å². The van der Waals surface area contributed by atoms with Crippen LogP contribution in [-0.2, 0) is 84.3 Å². The third kappa shape index (κ3) is 82.1. The van der Waals surface area contributed by atoms with Crippen LogP contribution in [0.3, 0.4) is 0 Å². The van der Waals surface area contributed by atoms with E-state index in [0.717, 1.165) is 0 Å². The average Bonchev–Trinajstić information content (AvgIpc) is 1.50. The molecule has 10 heavy (non-hydrogen) atoms. The molecule has 68 valence electrons. The summed E-state index contributed by atoms with van der Waals surface area (Å²) in [6.07, 6.45) is 0. The molecule has 0 aromatic carbocycles. The minimum absolute atomic E-state index is 0. The van der Waals surface area contributed by atoms with Crippen molar-refractivity contribution in [2.45, 2.75) is 14.9 Å². The van der Waals surface area contributed by atoms with Gasteiger partial charge >= 0.3 is 0 Å². The second-order valence-electron chi connectivity index (χ2n) is 0. The molecule has 0 aliphatic heterocycles. The molecule has 8 heteroatoms. The first kappa shape index (κ1) is 62.7. The Hall–Kier alpha value is 4.47. The maximum atomic E-state index is 2.33. The Balaban J connectivity index is -0.000000000833. The topological polar surface area (TPSA) is 0 Å². The predicted octanol–water partition coefficient (Wildman–Crippen LogP) is 2.57. The van der Waals surface area contributed by atoms with E-state index >= 15 is 0 Å². The van der Waals surface area contributed by atoms with Crippen molar-refractivity contribution in [2.75, 3.05) is 0 Å². The van der Waals surface area contributed by atoms with Crippen molar-refractivity contribution in [3.8, 4) is 0 Å². The van der Waals surface area contributed by atoms with Crippen molar-refractivity contribution in [1.29, 1.82) is 0 Å². The van der Waals surface area contributed by atoms with Gasteiger partial charge in [-0.15, -0.1) is 35.7 Å². The normalized spacial score (nSPS) is 1.20.